The van der Waals surface area contributed by atoms with Crippen LogP contribution in [0.25, 0.3) is 0 Å². The third kappa shape index (κ3) is 6.33. The second-order valence-electron chi connectivity index (χ2n) is 5.33. The first-order valence-electron chi connectivity index (χ1n) is 7.82. The van der Waals surface area contributed by atoms with Crippen LogP contribution >= 0.6 is 0 Å². The van der Waals surface area contributed by atoms with Crippen molar-refractivity contribution < 1.29 is 4.79 Å². The number of anilines is 1. The molecule has 2 aromatic carbocycles. The number of nitriles is 1. The summed E-state index contributed by atoms with van der Waals surface area (Å²) in [4.78, 5) is 11.8. The highest BCUT2D eigenvalue weighted by molar-refractivity contribution is 5.90. The van der Waals surface area contributed by atoms with Gasteiger partial charge in [0.15, 0.2) is 0 Å². The van der Waals surface area contributed by atoms with Crippen molar-refractivity contribution in [2.24, 2.45) is 0 Å². The predicted molar refractivity (Wildman–Crippen MR) is 92.0 cm³/mol. The van der Waals surface area contributed by atoms with E-state index >= 15 is 0 Å². The quantitative estimate of drug-likeness (QED) is 0.737. The Morgan fingerprint density at radius 2 is 1.74 bits per heavy atom. The SMILES string of the molecule is N#Cc1ccc(NC(=O)CCNCCCc2ccccc2)cc1. The van der Waals surface area contributed by atoms with Crippen LogP contribution in [0.4, 0.5) is 5.69 Å². The van der Waals surface area contributed by atoms with Gasteiger partial charge in [-0.25, -0.2) is 0 Å². The van der Waals surface area contributed by atoms with E-state index in [9.17, 15) is 4.79 Å². The molecule has 0 unspecified atom stereocenters. The molecule has 2 rings (SSSR count). The van der Waals surface area contributed by atoms with E-state index in [1.165, 1.54) is 5.56 Å². The van der Waals surface area contributed by atoms with Crippen LogP contribution in [0.2, 0.25) is 0 Å². The van der Waals surface area contributed by atoms with E-state index in [1.807, 2.05) is 6.07 Å². The lowest BCUT2D eigenvalue weighted by Gasteiger charge is -2.07. The van der Waals surface area contributed by atoms with Gasteiger partial charge < -0.3 is 10.6 Å². The minimum absolute atomic E-state index is 0.0229. The molecule has 1 amide bonds. The van der Waals surface area contributed by atoms with Gasteiger partial charge in [-0.05, 0) is 49.2 Å². The molecule has 4 nitrogen and oxygen atoms in total. The standard InChI is InChI=1S/C19H21N3O/c20-15-17-8-10-18(11-9-17)22-19(23)12-14-21-13-4-7-16-5-2-1-3-6-16/h1-3,5-6,8-11,21H,4,7,12-14H2,(H,22,23). The van der Waals surface area contributed by atoms with Crippen molar-refractivity contribution in [3.8, 4) is 6.07 Å². The number of hydrogen-bond acceptors (Lipinski definition) is 3. The second-order valence-corrected chi connectivity index (χ2v) is 5.33. The fraction of sp³-hybridized carbons (Fsp3) is 0.263. The first kappa shape index (κ1) is 16.7. The van der Waals surface area contributed by atoms with Gasteiger partial charge in [0.25, 0.3) is 0 Å². The molecule has 0 fully saturated rings. The van der Waals surface area contributed by atoms with Gasteiger partial charge in [-0.1, -0.05) is 30.3 Å². The highest BCUT2D eigenvalue weighted by atomic mass is 16.1. The number of benzene rings is 2. The molecular weight excluding hydrogens is 286 g/mol. The zero-order valence-corrected chi connectivity index (χ0v) is 13.1. The Hall–Kier alpha value is -2.64. The average Bonchev–Trinajstić information content (AvgIpc) is 2.59. The molecule has 2 aromatic rings. The summed E-state index contributed by atoms with van der Waals surface area (Å²) >= 11 is 0. The molecule has 0 saturated carbocycles. The molecule has 0 bridgehead atoms. The summed E-state index contributed by atoms with van der Waals surface area (Å²) < 4.78 is 0. The van der Waals surface area contributed by atoms with E-state index in [1.54, 1.807) is 24.3 Å². The minimum atomic E-state index is -0.0229. The fourth-order valence-electron chi connectivity index (χ4n) is 2.24. The highest BCUT2D eigenvalue weighted by Gasteiger charge is 2.02. The van der Waals surface area contributed by atoms with Gasteiger partial charge >= 0.3 is 0 Å². The van der Waals surface area contributed by atoms with Gasteiger partial charge in [-0.2, -0.15) is 5.26 Å². The van der Waals surface area contributed by atoms with E-state index in [-0.39, 0.29) is 5.91 Å². The molecule has 0 aliphatic rings. The molecule has 0 atom stereocenters. The summed E-state index contributed by atoms with van der Waals surface area (Å²) in [6, 6.07) is 19.3. The molecule has 23 heavy (non-hydrogen) atoms. The highest BCUT2D eigenvalue weighted by Crippen LogP contribution is 2.08. The van der Waals surface area contributed by atoms with Gasteiger partial charge in [-0.3, -0.25) is 4.79 Å². The van der Waals surface area contributed by atoms with Crippen molar-refractivity contribution in [1.82, 2.24) is 5.32 Å². The lowest BCUT2D eigenvalue weighted by Crippen LogP contribution is -2.22. The summed E-state index contributed by atoms with van der Waals surface area (Å²) in [5.41, 5.74) is 2.65. The van der Waals surface area contributed by atoms with Crippen molar-refractivity contribution in [3.63, 3.8) is 0 Å². The van der Waals surface area contributed by atoms with Crippen LogP contribution in [0.3, 0.4) is 0 Å². The number of carbonyl (C=O) groups is 1. The van der Waals surface area contributed by atoms with Crippen LogP contribution < -0.4 is 10.6 Å². The molecule has 2 N–H and O–H groups in total. The van der Waals surface area contributed by atoms with Crippen LogP contribution in [-0.4, -0.2) is 19.0 Å². The number of rotatable bonds is 8. The number of nitrogens with one attached hydrogen (secondary N) is 2. The van der Waals surface area contributed by atoms with Gasteiger partial charge in [0, 0.05) is 18.7 Å². The lowest BCUT2D eigenvalue weighted by atomic mass is 10.1. The molecule has 0 radical (unpaired) electrons. The predicted octanol–water partition coefficient (Wildman–Crippen LogP) is 3.11. The zero-order valence-electron chi connectivity index (χ0n) is 13.1. The molecule has 0 aliphatic carbocycles. The van der Waals surface area contributed by atoms with Gasteiger partial charge in [0.05, 0.1) is 11.6 Å². The largest absolute Gasteiger partial charge is 0.326 e. The summed E-state index contributed by atoms with van der Waals surface area (Å²) in [5, 5.41) is 14.8. The zero-order chi connectivity index (χ0) is 16.3. The third-order valence-electron chi connectivity index (χ3n) is 3.49. The molecule has 0 aliphatic heterocycles. The number of hydrogen-bond donors (Lipinski definition) is 2. The maximum absolute atomic E-state index is 11.8. The minimum Gasteiger partial charge on any atom is -0.326 e. The van der Waals surface area contributed by atoms with Crippen LogP contribution in [0, 0.1) is 11.3 Å². The van der Waals surface area contributed by atoms with Crippen LogP contribution in [0.5, 0.6) is 0 Å². The molecule has 0 saturated heterocycles. The third-order valence-corrected chi connectivity index (χ3v) is 3.49. The van der Waals surface area contributed by atoms with Gasteiger partial charge in [0.2, 0.25) is 5.91 Å². The lowest BCUT2D eigenvalue weighted by molar-refractivity contribution is -0.116. The Labute approximate surface area is 137 Å². The maximum Gasteiger partial charge on any atom is 0.225 e. The van der Waals surface area contributed by atoms with E-state index in [4.69, 9.17) is 5.26 Å². The van der Waals surface area contributed by atoms with E-state index in [0.717, 1.165) is 25.1 Å². The number of carbonyl (C=O) groups excluding carboxylic acids is 1. The number of amides is 1. The fourth-order valence-corrected chi connectivity index (χ4v) is 2.24. The molecule has 0 heterocycles. The molecule has 4 heteroatoms. The Bertz CT molecular complexity index is 645. The van der Waals surface area contributed by atoms with Crippen LogP contribution in [0.1, 0.15) is 24.0 Å². The first-order chi connectivity index (χ1) is 11.3. The van der Waals surface area contributed by atoms with E-state index in [0.29, 0.717) is 18.5 Å². The van der Waals surface area contributed by atoms with Crippen LogP contribution in [0.15, 0.2) is 54.6 Å². The van der Waals surface area contributed by atoms with Crippen LogP contribution in [-0.2, 0) is 11.2 Å². The molecule has 0 aromatic heterocycles. The van der Waals surface area contributed by atoms with Crippen molar-refractivity contribution in [3.05, 3.63) is 65.7 Å². The van der Waals surface area contributed by atoms with Crippen molar-refractivity contribution in [2.75, 3.05) is 18.4 Å². The first-order valence-corrected chi connectivity index (χ1v) is 7.82. The Morgan fingerprint density at radius 1 is 1.00 bits per heavy atom. The normalized spacial score (nSPS) is 10.0. The topological polar surface area (TPSA) is 64.9 Å². The monoisotopic (exact) mass is 307 g/mol. The van der Waals surface area contributed by atoms with Crippen molar-refractivity contribution in [2.45, 2.75) is 19.3 Å². The molecular formula is C19H21N3O. The smallest absolute Gasteiger partial charge is 0.225 e. The molecule has 0 spiro atoms. The summed E-state index contributed by atoms with van der Waals surface area (Å²) in [6.45, 7) is 1.57. The van der Waals surface area contributed by atoms with Crippen molar-refractivity contribution in [1.29, 1.82) is 5.26 Å². The second kappa shape index (κ2) is 9.39. The molecule has 118 valence electrons. The Kier molecular flexibility index (Phi) is 6.83. The average molecular weight is 307 g/mol. The van der Waals surface area contributed by atoms with E-state index in [2.05, 4.69) is 41.0 Å². The van der Waals surface area contributed by atoms with E-state index < -0.39 is 0 Å². The van der Waals surface area contributed by atoms with Gasteiger partial charge in [-0.15, -0.1) is 0 Å². The maximum atomic E-state index is 11.8. The van der Waals surface area contributed by atoms with Crippen molar-refractivity contribution >= 4 is 11.6 Å². The summed E-state index contributed by atoms with van der Waals surface area (Å²) in [5.74, 6) is -0.0229. The van der Waals surface area contributed by atoms with Gasteiger partial charge in [0.1, 0.15) is 0 Å². The Morgan fingerprint density at radius 3 is 2.43 bits per heavy atom. The number of aryl methyl sites for hydroxylation is 1. The number of nitrogens with zero attached hydrogens (tertiary/aromatic N) is 1. The summed E-state index contributed by atoms with van der Waals surface area (Å²) in [6.07, 6.45) is 2.54. The Balaban J connectivity index is 1.57. The summed E-state index contributed by atoms with van der Waals surface area (Å²) in [7, 11) is 0.